The third-order valence-corrected chi connectivity index (χ3v) is 2.86. The lowest BCUT2D eigenvalue weighted by molar-refractivity contribution is -0.135. The Labute approximate surface area is 120 Å². The lowest BCUT2D eigenvalue weighted by Gasteiger charge is -2.22. The SMILES string of the molecule is Nc1ccccc1N(CC(=O)O)C(=O)c1ccc(F)cc1. The molecule has 21 heavy (non-hydrogen) atoms. The normalized spacial score (nSPS) is 10.1. The van der Waals surface area contributed by atoms with E-state index in [1.807, 2.05) is 0 Å². The van der Waals surface area contributed by atoms with Crippen molar-refractivity contribution in [1.29, 1.82) is 0 Å². The van der Waals surface area contributed by atoms with Crippen molar-refractivity contribution in [2.45, 2.75) is 0 Å². The Hall–Kier alpha value is -2.89. The number of carbonyl (C=O) groups is 2. The number of nitrogens with zero attached hydrogens (tertiary/aromatic N) is 1. The Morgan fingerprint density at radius 2 is 1.71 bits per heavy atom. The van der Waals surface area contributed by atoms with Gasteiger partial charge >= 0.3 is 5.97 Å². The number of nitrogens with two attached hydrogens (primary N) is 1. The molecule has 0 saturated carbocycles. The fraction of sp³-hybridized carbons (Fsp3) is 0.0667. The van der Waals surface area contributed by atoms with Crippen molar-refractivity contribution in [3.63, 3.8) is 0 Å². The molecule has 108 valence electrons. The first-order valence-corrected chi connectivity index (χ1v) is 6.13. The van der Waals surface area contributed by atoms with Gasteiger partial charge in [-0.2, -0.15) is 0 Å². The van der Waals surface area contributed by atoms with Gasteiger partial charge in [0.05, 0.1) is 11.4 Å². The molecule has 1 amide bonds. The van der Waals surface area contributed by atoms with Crippen molar-refractivity contribution in [3.05, 3.63) is 59.9 Å². The zero-order valence-corrected chi connectivity index (χ0v) is 11.0. The summed E-state index contributed by atoms with van der Waals surface area (Å²) in [7, 11) is 0. The second kappa shape index (κ2) is 6.04. The van der Waals surface area contributed by atoms with Gasteiger partial charge < -0.3 is 10.8 Å². The van der Waals surface area contributed by atoms with Crippen LogP contribution in [0.5, 0.6) is 0 Å². The molecule has 0 atom stereocenters. The van der Waals surface area contributed by atoms with Crippen LogP contribution < -0.4 is 10.6 Å². The molecule has 0 spiro atoms. The van der Waals surface area contributed by atoms with Gasteiger partial charge in [-0.05, 0) is 36.4 Å². The summed E-state index contributed by atoms with van der Waals surface area (Å²) in [5.74, 6) is -2.21. The number of rotatable bonds is 4. The maximum absolute atomic E-state index is 12.9. The molecule has 0 fully saturated rings. The number of carboxylic acids is 1. The average Bonchev–Trinajstić information content (AvgIpc) is 2.45. The summed E-state index contributed by atoms with van der Waals surface area (Å²) in [6.45, 7) is -0.537. The molecule has 0 heterocycles. The summed E-state index contributed by atoms with van der Waals surface area (Å²) in [6.07, 6.45) is 0. The molecular formula is C15H13FN2O3. The molecule has 3 N–H and O–H groups in total. The number of carboxylic acid groups (broad SMARTS) is 1. The van der Waals surface area contributed by atoms with Crippen molar-refractivity contribution in [1.82, 2.24) is 0 Å². The Morgan fingerprint density at radius 3 is 2.29 bits per heavy atom. The molecule has 0 saturated heterocycles. The first-order chi connectivity index (χ1) is 9.99. The molecule has 0 aromatic heterocycles. The van der Waals surface area contributed by atoms with Gasteiger partial charge in [0.25, 0.3) is 5.91 Å². The number of nitrogen functional groups attached to an aromatic ring is 1. The molecule has 0 aliphatic carbocycles. The summed E-state index contributed by atoms with van der Waals surface area (Å²) >= 11 is 0. The largest absolute Gasteiger partial charge is 0.480 e. The topological polar surface area (TPSA) is 83.6 Å². The van der Waals surface area contributed by atoms with Crippen LogP contribution in [0, 0.1) is 5.82 Å². The van der Waals surface area contributed by atoms with E-state index >= 15 is 0 Å². The highest BCUT2D eigenvalue weighted by Crippen LogP contribution is 2.24. The zero-order chi connectivity index (χ0) is 15.4. The molecule has 0 aliphatic heterocycles. The molecule has 0 bridgehead atoms. The molecular weight excluding hydrogens is 275 g/mol. The standard InChI is InChI=1S/C15H13FN2O3/c16-11-7-5-10(6-8-11)15(21)18(9-14(19)20)13-4-2-1-3-12(13)17/h1-8H,9,17H2,(H,19,20). The van der Waals surface area contributed by atoms with Crippen molar-refractivity contribution in [2.24, 2.45) is 0 Å². The maximum Gasteiger partial charge on any atom is 0.323 e. The highest BCUT2D eigenvalue weighted by molar-refractivity contribution is 6.09. The summed E-state index contributed by atoms with van der Waals surface area (Å²) in [4.78, 5) is 24.5. The zero-order valence-electron chi connectivity index (χ0n) is 11.0. The summed E-state index contributed by atoms with van der Waals surface area (Å²) in [6, 6.07) is 11.3. The van der Waals surface area contributed by atoms with Crippen LogP contribution in [0.2, 0.25) is 0 Å². The predicted octanol–water partition coefficient (Wildman–Crippen LogP) is 2.14. The Bertz CT molecular complexity index is 671. The van der Waals surface area contributed by atoms with Gasteiger partial charge in [-0.25, -0.2) is 4.39 Å². The highest BCUT2D eigenvalue weighted by atomic mass is 19.1. The van der Waals surface area contributed by atoms with Crippen molar-refractivity contribution >= 4 is 23.3 Å². The Balaban J connectivity index is 2.41. The number of amides is 1. The fourth-order valence-corrected chi connectivity index (χ4v) is 1.88. The van der Waals surface area contributed by atoms with Gasteiger partial charge in [-0.3, -0.25) is 14.5 Å². The average molecular weight is 288 g/mol. The molecule has 5 nitrogen and oxygen atoms in total. The number of para-hydroxylation sites is 2. The predicted molar refractivity (Wildman–Crippen MR) is 76.6 cm³/mol. The summed E-state index contributed by atoms with van der Waals surface area (Å²) in [5.41, 5.74) is 6.56. The van der Waals surface area contributed by atoms with E-state index in [0.717, 1.165) is 17.0 Å². The van der Waals surface area contributed by atoms with Crippen LogP contribution in [0.25, 0.3) is 0 Å². The van der Waals surface area contributed by atoms with Crippen LogP contribution in [0.3, 0.4) is 0 Å². The van der Waals surface area contributed by atoms with Gasteiger partial charge in [0.2, 0.25) is 0 Å². The lowest BCUT2D eigenvalue weighted by Crippen LogP contribution is -2.36. The third-order valence-electron chi connectivity index (χ3n) is 2.86. The van der Waals surface area contributed by atoms with Crippen LogP contribution in [0.1, 0.15) is 10.4 Å². The Morgan fingerprint density at radius 1 is 1.10 bits per heavy atom. The molecule has 0 unspecified atom stereocenters. The van der Waals surface area contributed by atoms with E-state index in [2.05, 4.69) is 0 Å². The third kappa shape index (κ3) is 3.36. The van der Waals surface area contributed by atoms with E-state index in [4.69, 9.17) is 10.8 Å². The fourth-order valence-electron chi connectivity index (χ4n) is 1.88. The van der Waals surface area contributed by atoms with Crippen molar-refractivity contribution < 1.29 is 19.1 Å². The van der Waals surface area contributed by atoms with Gasteiger partial charge in [0, 0.05) is 5.56 Å². The summed E-state index contributed by atoms with van der Waals surface area (Å²) in [5, 5.41) is 8.98. The minimum atomic E-state index is -1.17. The van der Waals surface area contributed by atoms with Crippen molar-refractivity contribution in [3.8, 4) is 0 Å². The maximum atomic E-state index is 12.9. The molecule has 2 rings (SSSR count). The second-order valence-electron chi connectivity index (χ2n) is 4.35. The minimum absolute atomic E-state index is 0.181. The number of carbonyl (C=O) groups excluding carboxylic acids is 1. The van der Waals surface area contributed by atoms with E-state index < -0.39 is 24.2 Å². The summed E-state index contributed by atoms with van der Waals surface area (Å²) < 4.78 is 12.9. The van der Waals surface area contributed by atoms with E-state index in [1.165, 1.54) is 12.1 Å². The van der Waals surface area contributed by atoms with Crippen molar-refractivity contribution in [2.75, 3.05) is 17.2 Å². The quantitative estimate of drug-likeness (QED) is 0.844. The molecule has 2 aromatic rings. The Kier molecular flexibility index (Phi) is 4.18. The van der Waals surface area contributed by atoms with Crippen LogP contribution in [0.4, 0.5) is 15.8 Å². The molecule has 6 heteroatoms. The number of anilines is 2. The highest BCUT2D eigenvalue weighted by Gasteiger charge is 2.22. The number of benzene rings is 2. The van der Waals surface area contributed by atoms with Crippen LogP contribution in [0.15, 0.2) is 48.5 Å². The first-order valence-electron chi connectivity index (χ1n) is 6.13. The van der Waals surface area contributed by atoms with E-state index in [9.17, 15) is 14.0 Å². The monoisotopic (exact) mass is 288 g/mol. The van der Waals surface area contributed by atoms with E-state index in [0.29, 0.717) is 5.69 Å². The van der Waals surface area contributed by atoms with Crippen LogP contribution in [-0.4, -0.2) is 23.5 Å². The van der Waals surface area contributed by atoms with E-state index in [-0.39, 0.29) is 11.3 Å². The minimum Gasteiger partial charge on any atom is -0.480 e. The number of halogens is 1. The number of hydrogen-bond donors (Lipinski definition) is 2. The van der Waals surface area contributed by atoms with E-state index in [1.54, 1.807) is 24.3 Å². The van der Waals surface area contributed by atoms with Crippen LogP contribution in [-0.2, 0) is 4.79 Å². The van der Waals surface area contributed by atoms with Gasteiger partial charge in [-0.1, -0.05) is 12.1 Å². The smallest absolute Gasteiger partial charge is 0.323 e. The van der Waals surface area contributed by atoms with Gasteiger partial charge in [0.1, 0.15) is 12.4 Å². The van der Waals surface area contributed by atoms with Gasteiger partial charge in [-0.15, -0.1) is 0 Å². The van der Waals surface area contributed by atoms with Gasteiger partial charge in [0.15, 0.2) is 0 Å². The molecule has 2 aromatic carbocycles. The first kappa shape index (κ1) is 14.5. The lowest BCUT2D eigenvalue weighted by atomic mass is 10.1. The second-order valence-corrected chi connectivity index (χ2v) is 4.35. The number of hydrogen-bond acceptors (Lipinski definition) is 3. The molecule has 0 radical (unpaired) electrons. The van der Waals surface area contributed by atoms with Crippen LogP contribution >= 0.6 is 0 Å². The molecule has 0 aliphatic rings. The number of aliphatic carboxylic acids is 1.